The minimum absolute atomic E-state index is 0.0221. The summed E-state index contributed by atoms with van der Waals surface area (Å²) in [7, 11) is 0. The van der Waals surface area contributed by atoms with Gasteiger partial charge in [0.2, 0.25) is 0 Å². The number of amides is 1. The molecule has 0 aliphatic heterocycles. The van der Waals surface area contributed by atoms with Crippen molar-refractivity contribution in [3.05, 3.63) is 75.9 Å². The van der Waals surface area contributed by atoms with Crippen LogP contribution in [0.3, 0.4) is 0 Å². The van der Waals surface area contributed by atoms with Crippen LogP contribution in [0.15, 0.2) is 66.2 Å². The van der Waals surface area contributed by atoms with Crippen molar-refractivity contribution in [2.24, 2.45) is 0 Å². The van der Waals surface area contributed by atoms with Crippen LogP contribution in [0.25, 0.3) is 15.9 Å². The fourth-order valence-corrected chi connectivity index (χ4v) is 4.09. The summed E-state index contributed by atoms with van der Waals surface area (Å²) >= 11 is 3.15. The van der Waals surface area contributed by atoms with Gasteiger partial charge in [0.25, 0.3) is 5.91 Å². The first kappa shape index (κ1) is 14.2. The SMILES string of the molecule is O=C(NCc1cccs1)c1ccc(-n2ccc3ccccc32)s1. The van der Waals surface area contributed by atoms with Gasteiger partial charge in [-0.1, -0.05) is 24.3 Å². The van der Waals surface area contributed by atoms with Gasteiger partial charge in [0.15, 0.2) is 0 Å². The molecule has 23 heavy (non-hydrogen) atoms. The van der Waals surface area contributed by atoms with Crippen molar-refractivity contribution in [1.29, 1.82) is 0 Å². The first-order valence-electron chi connectivity index (χ1n) is 7.28. The number of nitrogens with one attached hydrogen (secondary N) is 1. The predicted octanol–water partition coefficient (Wildman–Crippen LogP) is 4.68. The lowest BCUT2D eigenvalue weighted by Crippen LogP contribution is -2.21. The van der Waals surface area contributed by atoms with E-state index in [1.807, 2.05) is 48.0 Å². The monoisotopic (exact) mass is 338 g/mol. The highest BCUT2D eigenvalue weighted by Crippen LogP contribution is 2.26. The minimum Gasteiger partial charge on any atom is -0.346 e. The van der Waals surface area contributed by atoms with Crippen LogP contribution in [0.2, 0.25) is 0 Å². The molecule has 0 aliphatic carbocycles. The van der Waals surface area contributed by atoms with Crippen molar-refractivity contribution in [3.8, 4) is 5.00 Å². The Morgan fingerprint density at radius 3 is 2.83 bits per heavy atom. The molecule has 0 saturated heterocycles. The highest BCUT2D eigenvalue weighted by atomic mass is 32.1. The van der Waals surface area contributed by atoms with Gasteiger partial charge in [0, 0.05) is 11.1 Å². The average molecular weight is 338 g/mol. The maximum absolute atomic E-state index is 12.3. The van der Waals surface area contributed by atoms with Gasteiger partial charge in [-0.15, -0.1) is 22.7 Å². The molecular formula is C18H14N2OS2. The van der Waals surface area contributed by atoms with Gasteiger partial charge in [-0.25, -0.2) is 0 Å². The number of para-hydroxylation sites is 1. The second kappa shape index (κ2) is 6.02. The molecule has 1 amide bonds. The summed E-state index contributed by atoms with van der Waals surface area (Å²) < 4.78 is 2.12. The molecule has 0 fully saturated rings. The lowest BCUT2D eigenvalue weighted by Gasteiger charge is -2.02. The zero-order chi connectivity index (χ0) is 15.6. The molecule has 3 aromatic heterocycles. The van der Waals surface area contributed by atoms with Crippen LogP contribution in [0.5, 0.6) is 0 Å². The Balaban J connectivity index is 1.55. The number of benzene rings is 1. The number of nitrogens with zero attached hydrogens (tertiary/aromatic N) is 1. The highest BCUT2D eigenvalue weighted by Gasteiger charge is 2.11. The number of fused-ring (bicyclic) bond motifs is 1. The lowest BCUT2D eigenvalue weighted by atomic mass is 10.2. The van der Waals surface area contributed by atoms with E-state index in [9.17, 15) is 4.79 Å². The molecule has 0 radical (unpaired) electrons. The van der Waals surface area contributed by atoms with E-state index >= 15 is 0 Å². The van der Waals surface area contributed by atoms with E-state index in [1.165, 1.54) is 16.7 Å². The van der Waals surface area contributed by atoms with Crippen molar-refractivity contribution in [3.63, 3.8) is 0 Å². The van der Waals surface area contributed by atoms with E-state index < -0.39 is 0 Å². The van der Waals surface area contributed by atoms with Gasteiger partial charge < -0.3 is 9.88 Å². The summed E-state index contributed by atoms with van der Waals surface area (Å²) in [5.41, 5.74) is 1.15. The summed E-state index contributed by atoms with van der Waals surface area (Å²) in [4.78, 5) is 14.2. The van der Waals surface area contributed by atoms with E-state index in [2.05, 4.69) is 28.1 Å². The van der Waals surface area contributed by atoms with E-state index in [1.54, 1.807) is 11.3 Å². The Kier molecular flexibility index (Phi) is 3.73. The number of aromatic nitrogens is 1. The van der Waals surface area contributed by atoms with Crippen molar-refractivity contribution in [2.45, 2.75) is 6.54 Å². The molecule has 5 heteroatoms. The zero-order valence-electron chi connectivity index (χ0n) is 12.2. The van der Waals surface area contributed by atoms with Crippen LogP contribution in [0.4, 0.5) is 0 Å². The first-order valence-corrected chi connectivity index (χ1v) is 8.98. The van der Waals surface area contributed by atoms with Gasteiger partial charge in [-0.3, -0.25) is 4.79 Å². The van der Waals surface area contributed by atoms with Gasteiger partial charge in [-0.05, 0) is 41.1 Å². The molecule has 3 nitrogen and oxygen atoms in total. The fourth-order valence-electron chi connectivity index (χ4n) is 2.52. The van der Waals surface area contributed by atoms with Crippen molar-refractivity contribution >= 4 is 39.5 Å². The Labute approximate surface area is 141 Å². The quantitative estimate of drug-likeness (QED) is 0.576. The van der Waals surface area contributed by atoms with E-state index in [-0.39, 0.29) is 5.91 Å². The van der Waals surface area contributed by atoms with Crippen LogP contribution in [-0.2, 0) is 6.54 Å². The summed E-state index contributed by atoms with van der Waals surface area (Å²) in [6, 6.07) is 18.2. The Morgan fingerprint density at radius 1 is 1.04 bits per heavy atom. The van der Waals surface area contributed by atoms with Crippen LogP contribution in [0.1, 0.15) is 14.5 Å². The maximum Gasteiger partial charge on any atom is 0.261 e. The summed E-state index contributed by atoms with van der Waals surface area (Å²) in [6.45, 7) is 0.580. The summed E-state index contributed by atoms with van der Waals surface area (Å²) in [5, 5.41) is 7.23. The van der Waals surface area contributed by atoms with Crippen LogP contribution < -0.4 is 5.32 Å². The summed E-state index contributed by atoms with van der Waals surface area (Å²) in [5.74, 6) is -0.0221. The average Bonchev–Trinajstić information content (AvgIpc) is 3.31. The third-order valence-electron chi connectivity index (χ3n) is 3.66. The van der Waals surface area contributed by atoms with Crippen LogP contribution >= 0.6 is 22.7 Å². The van der Waals surface area contributed by atoms with E-state index in [4.69, 9.17) is 0 Å². The summed E-state index contributed by atoms with van der Waals surface area (Å²) in [6.07, 6.45) is 2.05. The minimum atomic E-state index is -0.0221. The first-order chi connectivity index (χ1) is 11.3. The number of carbonyl (C=O) groups excluding carboxylic acids is 1. The van der Waals surface area contributed by atoms with Gasteiger partial charge in [0.1, 0.15) is 5.00 Å². The Bertz CT molecular complexity index is 950. The van der Waals surface area contributed by atoms with Crippen LogP contribution in [-0.4, -0.2) is 10.5 Å². The molecule has 0 atom stereocenters. The van der Waals surface area contributed by atoms with E-state index in [0.29, 0.717) is 6.54 Å². The Hall–Kier alpha value is -2.37. The molecule has 1 aromatic carbocycles. The Morgan fingerprint density at radius 2 is 1.96 bits per heavy atom. The molecule has 114 valence electrons. The van der Waals surface area contributed by atoms with Gasteiger partial charge in [0.05, 0.1) is 16.9 Å². The molecule has 3 heterocycles. The topological polar surface area (TPSA) is 34.0 Å². The van der Waals surface area contributed by atoms with Crippen molar-refractivity contribution in [2.75, 3.05) is 0 Å². The number of rotatable bonds is 4. The molecule has 0 spiro atoms. The largest absolute Gasteiger partial charge is 0.346 e. The fraction of sp³-hybridized carbons (Fsp3) is 0.0556. The molecule has 1 N–H and O–H groups in total. The zero-order valence-corrected chi connectivity index (χ0v) is 13.9. The van der Waals surface area contributed by atoms with E-state index in [0.717, 1.165) is 20.3 Å². The number of carbonyl (C=O) groups is 1. The molecule has 0 saturated carbocycles. The number of thiophene rings is 2. The molecule has 0 bridgehead atoms. The molecule has 4 aromatic rings. The lowest BCUT2D eigenvalue weighted by molar-refractivity contribution is 0.0955. The second-order valence-corrected chi connectivity index (χ2v) is 7.24. The highest BCUT2D eigenvalue weighted by molar-refractivity contribution is 7.16. The third kappa shape index (κ3) is 2.81. The third-order valence-corrected chi connectivity index (χ3v) is 5.62. The maximum atomic E-state index is 12.3. The normalized spacial score (nSPS) is 11.0. The predicted molar refractivity (Wildman–Crippen MR) is 96.6 cm³/mol. The smallest absolute Gasteiger partial charge is 0.261 e. The second-order valence-electron chi connectivity index (χ2n) is 5.14. The number of hydrogen-bond acceptors (Lipinski definition) is 3. The molecular weight excluding hydrogens is 324 g/mol. The number of hydrogen-bond donors (Lipinski definition) is 1. The van der Waals surface area contributed by atoms with Gasteiger partial charge >= 0.3 is 0 Å². The molecule has 4 rings (SSSR count). The van der Waals surface area contributed by atoms with Crippen LogP contribution in [0, 0.1) is 0 Å². The van der Waals surface area contributed by atoms with Crippen molar-refractivity contribution < 1.29 is 4.79 Å². The van der Waals surface area contributed by atoms with Gasteiger partial charge in [-0.2, -0.15) is 0 Å². The van der Waals surface area contributed by atoms with Crippen molar-refractivity contribution in [1.82, 2.24) is 9.88 Å². The standard InChI is InChI=1S/C18H14N2OS2/c21-18(19-12-14-5-3-11-22-14)16-7-8-17(23-16)20-10-9-13-4-1-2-6-15(13)20/h1-11H,12H2,(H,19,21). The molecule has 0 unspecified atom stereocenters. The molecule has 0 aliphatic rings.